The minimum Gasteiger partial charge on any atom is -0.494 e. The minimum absolute atomic E-state index is 0.0939. The van der Waals surface area contributed by atoms with Crippen LogP contribution in [0.1, 0.15) is 10.4 Å². The first-order valence-corrected chi connectivity index (χ1v) is 6.62. The highest BCUT2D eigenvalue weighted by Crippen LogP contribution is 2.20. The summed E-state index contributed by atoms with van der Waals surface area (Å²) in [7, 11) is 1.37. The SMILES string of the molecule is C=CCOc1cccc(NC(=O)c2ccc(OC)c(F)c2)c1. The van der Waals surface area contributed by atoms with Crippen LogP contribution in [0.25, 0.3) is 0 Å². The van der Waals surface area contributed by atoms with Crippen molar-refractivity contribution in [2.75, 3.05) is 19.0 Å². The molecule has 0 saturated heterocycles. The number of rotatable bonds is 6. The average molecular weight is 301 g/mol. The van der Waals surface area contributed by atoms with E-state index in [2.05, 4.69) is 11.9 Å². The van der Waals surface area contributed by atoms with E-state index < -0.39 is 11.7 Å². The molecule has 4 nitrogen and oxygen atoms in total. The van der Waals surface area contributed by atoms with E-state index in [1.54, 1.807) is 30.3 Å². The number of carbonyl (C=O) groups is 1. The van der Waals surface area contributed by atoms with Crippen LogP contribution in [0.2, 0.25) is 0 Å². The second kappa shape index (κ2) is 7.26. The Hall–Kier alpha value is -2.82. The molecular weight excluding hydrogens is 285 g/mol. The lowest BCUT2D eigenvalue weighted by Crippen LogP contribution is -2.12. The molecule has 0 aromatic heterocycles. The molecule has 0 atom stereocenters. The van der Waals surface area contributed by atoms with Gasteiger partial charge in [0.05, 0.1) is 7.11 Å². The monoisotopic (exact) mass is 301 g/mol. The molecule has 0 unspecified atom stereocenters. The van der Waals surface area contributed by atoms with Gasteiger partial charge < -0.3 is 14.8 Å². The molecule has 0 saturated carbocycles. The van der Waals surface area contributed by atoms with Gasteiger partial charge in [-0.2, -0.15) is 0 Å². The summed E-state index contributed by atoms with van der Waals surface area (Å²) in [6.45, 7) is 3.94. The van der Waals surface area contributed by atoms with E-state index in [9.17, 15) is 9.18 Å². The fourth-order valence-corrected chi connectivity index (χ4v) is 1.83. The van der Waals surface area contributed by atoms with Crippen LogP contribution in [-0.4, -0.2) is 19.6 Å². The summed E-state index contributed by atoms with van der Waals surface area (Å²) in [5, 5.41) is 2.69. The summed E-state index contributed by atoms with van der Waals surface area (Å²) < 4.78 is 23.8. The molecule has 0 heterocycles. The Labute approximate surface area is 128 Å². The van der Waals surface area contributed by atoms with E-state index in [4.69, 9.17) is 9.47 Å². The first-order valence-electron chi connectivity index (χ1n) is 6.62. The van der Waals surface area contributed by atoms with Gasteiger partial charge in [0.25, 0.3) is 5.91 Å². The Kier molecular flexibility index (Phi) is 5.14. The molecule has 22 heavy (non-hydrogen) atoms. The maximum atomic E-state index is 13.6. The van der Waals surface area contributed by atoms with Gasteiger partial charge in [-0.1, -0.05) is 18.7 Å². The Morgan fingerprint density at radius 2 is 2.14 bits per heavy atom. The Bertz CT molecular complexity index is 685. The summed E-state index contributed by atoms with van der Waals surface area (Å²) in [4.78, 5) is 12.1. The van der Waals surface area contributed by atoms with Gasteiger partial charge in [0, 0.05) is 17.3 Å². The third kappa shape index (κ3) is 3.85. The lowest BCUT2D eigenvalue weighted by atomic mass is 10.2. The highest BCUT2D eigenvalue weighted by Gasteiger charge is 2.10. The zero-order valence-corrected chi connectivity index (χ0v) is 12.1. The number of hydrogen-bond acceptors (Lipinski definition) is 3. The number of halogens is 1. The van der Waals surface area contributed by atoms with Crippen LogP contribution in [0.15, 0.2) is 55.1 Å². The Balaban J connectivity index is 2.11. The van der Waals surface area contributed by atoms with E-state index in [-0.39, 0.29) is 11.3 Å². The van der Waals surface area contributed by atoms with Crippen molar-refractivity contribution in [3.63, 3.8) is 0 Å². The molecule has 2 aromatic carbocycles. The molecule has 0 bridgehead atoms. The molecule has 2 rings (SSSR count). The van der Waals surface area contributed by atoms with Gasteiger partial charge in [0.1, 0.15) is 12.4 Å². The van der Waals surface area contributed by atoms with Crippen LogP contribution in [0.5, 0.6) is 11.5 Å². The third-order valence-corrected chi connectivity index (χ3v) is 2.87. The molecule has 0 fully saturated rings. The van der Waals surface area contributed by atoms with Crippen molar-refractivity contribution >= 4 is 11.6 Å². The van der Waals surface area contributed by atoms with Crippen LogP contribution >= 0.6 is 0 Å². The van der Waals surface area contributed by atoms with Gasteiger partial charge >= 0.3 is 0 Å². The second-order valence-corrected chi connectivity index (χ2v) is 4.43. The maximum absolute atomic E-state index is 13.6. The molecular formula is C17H16FNO3. The van der Waals surface area contributed by atoms with Crippen LogP contribution in [0.3, 0.4) is 0 Å². The zero-order valence-electron chi connectivity index (χ0n) is 12.1. The number of ether oxygens (including phenoxy) is 2. The lowest BCUT2D eigenvalue weighted by molar-refractivity contribution is 0.102. The molecule has 1 N–H and O–H groups in total. The second-order valence-electron chi connectivity index (χ2n) is 4.43. The highest BCUT2D eigenvalue weighted by atomic mass is 19.1. The van der Waals surface area contributed by atoms with E-state index in [0.717, 1.165) is 6.07 Å². The average Bonchev–Trinajstić information content (AvgIpc) is 2.53. The van der Waals surface area contributed by atoms with Crippen molar-refractivity contribution in [1.82, 2.24) is 0 Å². The van der Waals surface area contributed by atoms with Gasteiger partial charge in [-0.25, -0.2) is 4.39 Å². The smallest absolute Gasteiger partial charge is 0.255 e. The molecule has 0 spiro atoms. The molecule has 0 aliphatic heterocycles. The number of benzene rings is 2. The molecule has 0 radical (unpaired) electrons. The number of hydrogen-bond donors (Lipinski definition) is 1. The van der Waals surface area contributed by atoms with E-state index in [1.807, 2.05) is 0 Å². The summed E-state index contributed by atoms with van der Waals surface area (Å²) in [6.07, 6.45) is 1.63. The minimum atomic E-state index is -0.585. The Morgan fingerprint density at radius 3 is 2.82 bits per heavy atom. The maximum Gasteiger partial charge on any atom is 0.255 e. The van der Waals surface area contributed by atoms with Crippen molar-refractivity contribution in [2.24, 2.45) is 0 Å². The third-order valence-electron chi connectivity index (χ3n) is 2.87. The predicted molar refractivity (Wildman–Crippen MR) is 83.0 cm³/mol. The Morgan fingerprint density at radius 1 is 1.32 bits per heavy atom. The topological polar surface area (TPSA) is 47.6 Å². The van der Waals surface area contributed by atoms with E-state index >= 15 is 0 Å². The number of carbonyl (C=O) groups excluding carboxylic acids is 1. The molecule has 5 heteroatoms. The van der Waals surface area contributed by atoms with Gasteiger partial charge in [0.2, 0.25) is 0 Å². The van der Waals surface area contributed by atoms with Crippen LogP contribution in [0, 0.1) is 5.82 Å². The molecule has 114 valence electrons. The van der Waals surface area contributed by atoms with Crippen LogP contribution in [-0.2, 0) is 0 Å². The largest absolute Gasteiger partial charge is 0.494 e. The summed E-state index contributed by atoms with van der Waals surface area (Å²) >= 11 is 0. The number of nitrogens with one attached hydrogen (secondary N) is 1. The van der Waals surface area contributed by atoms with E-state index in [1.165, 1.54) is 19.2 Å². The molecule has 1 amide bonds. The van der Waals surface area contributed by atoms with Gasteiger partial charge in [-0.3, -0.25) is 4.79 Å². The normalized spacial score (nSPS) is 9.91. The van der Waals surface area contributed by atoms with Crippen LogP contribution < -0.4 is 14.8 Å². The fourth-order valence-electron chi connectivity index (χ4n) is 1.83. The van der Waals surface area contributed by atoms with E-state index in [0.29, 0.717) is 18.0 Å². The lowest BCUT2D eigenvalue weighted by Gasteiger charge is -2.09. The van der Waals surface area contributed by atoms with Gasteiger partial charge in [-0.15, -0.1) is 0 Å². The van der Waals surface area contributed by atoms with Crippen molar-refractivity contribution in [3.05, 3.63) is 66.5 Å². The van der Waals surface area contributed by atoms with Gasteiger partial charge in [-0.05, 0) is 30.3 Å². The summed E-state index contributed by atoms with van der Waals surface area (Å²) in [5.74, 6) is -0.296. The quantitative estimate of drug-likeness (QED) is 0.828. The highest BCUT2D eigenvalue weighted by molar-refractivity contribution is 6.04. The number of anilines is 1. The summed E-state index contributed by atoms with van der Waals surface area (Å²) in [6, 6.07) is 11.0. The molecule has 0 aliphatic carbocycles. The molecule has 0 aliphatic rings. The van der Waals surface area contributed by atoms with Crippen molar-refractivity contribution in [2.45, 2.75) is 0 Å². The zero-order chi connectivity index (χ0) is 15.9. The van der Waals surface area contributed by atoms with Crippen molar-refractivity contribution < 1.29 is 18.7 Å². The fraction of sp³-hybridized carbons (Fsp3) is 0.118. The first kappa shape index (κ1) is 15.6. The number of amides is 1. The predicted octanol–water partition coefficient (Wildman–Crippen LogP) is 3.65. The van der Waals surface area contributed by atoms with Crippen molar-refractivity contribution in [1.29, 1.82) is 0 Å². The standard InChI is InChI=1S/C17H16FNO3/c1-3-9-22-14-6-4-5-13(11-14)19-17(20)12-7-8-16(21-2)15(18)10-12/h3-8,10-11H,1,9H2,2H3,(H,19,20). The summed E-state index contributed by atoms with van der Waals surface area (Å²) in [5.41, 5.74) is 0.763. The first-order chi connectivity index (χ1) is 10.6. The van der Waals surface area contributed by atoms with Crippen molar-refractivity contribution in [3.8, 4) is 11.5 Å². The molecule has 2 aromatic rings. The number of methoxy groups -OCH3 is 1. The van der Waals surface area contributed by atoms with Crippen LogP contribution in [0.4, 0.5) is 10.1 Å². The van der Waals surface area contributed by atoms with Gasteiger partial charge in [0.15, 0.2) is 11.6 Å².